The van der Waals surface area contributed by atoms with Crippen LogP contribution in [0.4, 0.5) is 0 Å². The molecule has 0 fully saturated rings. The zero-order valence-electron chi connectivity index (χ0n) is 15.9. The Labute approximate surface area is 86.3 Å². The summed E-state index contributed by atoms with van der Waals surface area (Å²) < 4.78 is 74.3. The molecule has 0 spiro atoms. The van der Waals surface area contributed by atoms with Crippen molar-refractivity contribution in [2.24, 2.45) is 0 Å². The molecule has 64 valence electrons. The number of rotatable bonds is 2. The molecule has 3 nitrogen and oxygen atoms in total. The predicted octanol–water partition coefficient (Wildman–Crippen LogP) is -0.115. The minimum Gasteiger partial charge on any atom is -0.423 e. The van der Waals surface area contributed by atoms with Gasteiger partial charge in [-0.3, -0.25) is 4.98 Å². The van der Waals surface area contributed by atoms with Gasteiger partial charge in [-0.15, -0.1) is 0 Å². The lowest BCUT2D eigenvalue weighted by Gasteiger charge is -2.05. The van der Waals surface area contributed by atoms with E-state index in [4.69, 9.17) is 23.8 Å². The topological polar surface area (TPSA) is 53.4 Å². The monoisotopic (exact) mass is 175 g/mol. The van der Waals surface area contributed by atoms with Gasteiger partial charge in [-0.25, -0.2) is 0 Å². The molecule has 0 aliphatic carbocycles. The van der Waals surface area contributed by atoms with Crippen LogP contribution in [0.1, 0.15) is 39.0 Å². The van der Waals surface area contributed by atoms with Crippen molar-refractivity contribution in [3.63, 3.8) is 0 Å². The quantitative estimate of drug-likeness (QED) is 0.616. The van der Waals surface area contributed by atoms with Crippen LogP contribution in [0.25, 0.3) is 0 Å². The first-order chi connectivity index (χ1) is 9.66. The lowest BCUT2D eigenvalue weighted by molar-refractivity contribution is 0.425. The van der Waals surface area contributed by atoms with Gasteiger partial charge in [-0.2, -0.15) is 0 Å². The highest BCUT2D eigenvalue weighted by Crippen LogP contribution is 2.08. The van der Waals surface area contributed by atoms with Crippen molar-refractivity contribution in [3.8, 4) is 0 Å². The summed E-state index contributed by atoms with van der Waals surface area (Å²) in [5.41, 5.74) is -2.00. The van der Waals surface area contributed by atoms with E-state index in [0.29, 0.717) is 0 Å². The molecule has 0 atom stereocenters. The van der Waals surface area contributed by atoms with Gasteiger partial charge in [0, 0.05) is 21.5 Å². The average Bonchev–Trinajstić information content (AvgIpc) is 2.29. The molecule has 0 saturated carbocycles. The van der Waals surface area contributed by atoms with Crippen molar-refractivity contribution in [2.75, 3.05) is 0 Å². The van der Waals surface area contributed by atoms with E-state index >= 15 is 0 Å². The Kier molecular flexibility index (Phi) is 0.788. The molecule has 0 aromatic carbocycles. The van der Waals surface area contributed by atoms with Crippen molar-refractivity contribution in [2.45, 2.75) is 19.6 Å². The highest BCUT2D eigenvalue weighted by molar-refractivity contribution is 6.58. The number of hydrogen-bond acceptors (Lipinski definition) is 3. The molecule has 1 aromatic rings. The van der Waals surface area contributed by atoms with Gasteiger partial charge in [0.05, 0.1) is 4.11 Å². The molecule has 0 aliphatic rings. The van der Waals surface area contributed by atoms with E-state index in [1.807, 2.05) is 0 Å². The minimum absolute atomic E-state index is 0.859. The van der Waals surface area contributed by atoms with Gasteiger partial charge in [0.1, 0.15) is 0 Å². The first kappa shape index (κ1) is 2.56. The Hall–Kier alpha value is -0.865. The summed E-state index contributed by atoms with van der Waals surface area (Å²) in [6.45, 7) is -6.87. The fourth-order valence-electron chi connectivity index (χ4n) is 0.578. The van der Waals surface area contributed by atoms with Crippen molar-refractivity contribution in [1.29, 1.82) is 0 Å². The van der Waals surface area contributed by atoms with E-state index in [9.17, 15) is 0 Å². The second kappa shape index (κ2) is 3.69. The predicted molar refractivity (Wildman–Crippen MR) is 48.2 cm³/mol. The Morgan fingerprint density at radius 3 is 3.08 bits per heavy atom. The van der Waals surface area contributed by atoms with Gasteiger partial charge in [-0.05, 0) is 23.4 Å². The van der Waals surface area contributed by atoms with E-state index in [0.717, 1.165) is 0 Å². The molecule has 12 heavy (non-hydrogen) atoms. The Morgan fingerprint density at radius 2 is 2.50 bits per heavy atom. The summed E-state index contributed by atoms with van der Waals surface area (Å²) in [5.74, 6) is -3.36. The zero-order valence-corrected chi connectivity index (χ0v) is 5.92. The molecule has 1 heterocycles. The molecular weight excluding hydrogens is 153 g/mol. The summed E-state index contributed by atoms with van der Waals surface area (Å²) in [6, 6.07) is -1.93. The smallest absolute Gasteiger partial charge is 0.423 e. The summed E-state index contributed by atoms with van der Waals surface area (Å²) in [5, 5.41) is 18.3. The second-order valence-corrected chi connectivity index (χ2v) is 1.98. The highest BCUT2D eigenvalue weighted by Gasteiger charge is 2.11. The third-order valence-electron chi connectivity index (χ3n) is 1.11. The molecule has 1 aromatic heterocycles. The van der Waals surface area contributed by atoms with Crippen LogP contribution in [0.5, 0.6) is 0 Å². The highest BCUT2D eigenvalue weighted by atomic mass is 16.4. The van der Waals surface area contributed by atoms with E-state index in [1.165, 1.54) is 0 Å². The summed E-state index contributed by atoms with van der Waals surface area (Å²) in [6.07, 6.45) is -0.959. The maximum Gasteiger partial charge on any atom is 0.488 e. The van der Waals surface area contributed by atoms with Gasteiger partial charge in [-0.1, -0.05) is 13.7 Å². The molecule has 0 radical (unpaired) electrons. The van der Waals surface area contributed by atoms with Crippen molar-refractivity contribution in [3.05, 3.63) is 24.0 Å². The maximum absolute atomic E-state index is 9.17. The number of nitrogens with zero attached hydrogens (tertiary/aromatic N) is 1. The van der Waals surface area contributed by atoms with Crippen LogP contribution in [-0.2, 0) is 0 Å². The van der Waals surface area contributed by atoms with Crippen LogP contribution in [0.2, 0.25) is 0 Å². The van der Waals surface area contributed by atoms with Gasteiger partial charge < -0.3 is 10.0 Å². The second-order valence-electron chi connectivity index (χ2n) is 1.98. The molecule has 0 bridgehead atoms. The Balaban J connectivity index is 3.88. The first-order valence-electron chi connectivity index (χ1n) is 8.00. The van der Waals surface area contributed by atoms with Crippen LogP contribution in [-0.4, -0.2) is 22.2 Å². The van der Waals surface area contributed by atoms with Crippen LogP contribution >= 0.6 is 0 Å². The van der Waals surface area contributed by atoms with Crippen LogP contribution < -0.4 is 5.46 Å². The van der Waals surface area contributed by atoms with Gasteiger partial charge in [0.2, 0.25) is 0 Å². The van der Waals surface area contributed by atoms with Crippen molar-refractivity contribution >= 4 is 12.6 Å². The molecule has 0 amide bonds. The lowest BCUT2D eigenvalue weighted by Crippen LogP contribution is -2.30. The largest absolute Gasteiger partial charge is 0.488 e. The van der Waals surface area contributed by atoms with E-state index < -0.39 is 56.1 Å². The average molecular weight is 175 g/mol. The third-order valence-corrected chi connectivity index (χ3v) is 1.11. The van der Waals surface area contributed by atoms with E-state index in [1.54, 1.807) is 0 Å². The molecule has 1 rings (SSSR count). The van der Waals surface area contributed by atoms with E-state index in [-0.39, 0.29) is 0 Å². The number of pyridine rings is 1. The van der Waals surface area contributed by atoms with Crippen molar-refractivity contribution < 1.29 is 23.8 Å². The fourth-order valence-corrected chi connectivity index (χ4v) is 0.578. The van der Waals surface area contributed by atoms with Gasteiger partial charge in [0.25, 0.3) is 0 Å². The van der Waals surface area contributed by atoms with Gasteiger partial charge in [0.15, 0.2) is 0 Å². The third kappa shape index (κ3) is 2.06. The SMILES string of the molecule is [2H]c1nc(C([2H])(C([2H])([2H])[2H])C([2H])([2H])[2H])c([2H])c(B(O)O)c1[2H]. The fraction of sp³-hybridized carbons (Fsp3) is 0.375. The Bertz CT molecular complexity index is 570. The van der Waals surface area contributed by atoms with Crippen LogP contribution in [0.3, 0.4) is 0 Å². The zero-order chi connectivity index (χ0) is 17.7. The lowest BCUT2D eigenvalue weighted by atomic mass is 9.80. The minimum atomic E-state index is -3.44. The standard InChI is InChI=1S/C8H12BNO2/c1-6(2)8-5-7(9(11)12)3-4-10-8/h3-6,11-12H,1-2H3/i1D3,2D3,3D,4D,5D,6D. The molecule has 0 unspecified atom stereocenters. The first-order valence-corrected chi connectivity index (χ1v) is 3.00. The molecule has 0 saturated heterocycles. The number of hydrogen-bond donors (Lipinski definition) is 2. The normalized spacial score (nSPS) is 25.5. The molecule has 4 heteroatoms. The van der Waals surface area contributed by atoms with Crippen molar-refractivity contribution in [1.82, 2.24) is 4.98 Å². The summed E-state index contributed by atoms with van der Waals surface area (Å²) in [4.78, 5) is 3.28. The van der Waals surface area contributed by atoms with Gasteiger partial charge >= 0.3 is 7.12 Å². The van der Waals surface area contributed by atoms with Crippen LogP contribution in [0.15, 0.2) is 18.3 Å². The van der Waals surface area contributed by atoms with Crippen LogP contribution in [0, 0.1) is 0 Å². The Morgan fingerprint density at radius 1 is 1.75 bits per heavy atom. The molecule has 0 aliphatic heterocycles. The molecular formula is C8H12BNO2. The molecule has 2 N–H and O–H groups in total. The summed E-state index contributed by atoms with van der Waals surface area (Å²) in [7, 11) is -2.41. The number of aromatic nitrogens is 1. The van der Waals surface area contributed by atoms with E-state index in [2.05, 4.69) is 4.98 Å². The maximum atomic E-state index is 9.17. The summed E-state index contributed by atoms with van der Waals surface area (Å²) >= 11 is 0.